The second-order valence-corrected chi connectivity index (χ2v) is 8.62. The molecule has 1 aliphatic heterocycles. The molecule has 2 aromatic rings. The van der Waals surface area contributed by atoms with Gasteiger partial charge in [0.15, 0.2) is 0 Å². The third-order valence-electron chi connectivity index (χ3n) is 5.51. The molecule has 3 rings (SSSR count). The maximum Gasteiger partial charge on any atom is 0.408 e. The van der Waals surface area contributed by atoms with Gasteiger partial charge in [-0.2, -0.15) is 0 Å². The molecule has 2 atom stereocenters. The van der Waals surface area contributed by atoms with Crippen molar-refractivity contribution in [2.75, 3.05) is 6.54 Å². The van der Waals surface area contributed by atoms with Gasteiger partial charge < -0.3 is 20.7 Å². The fourth-order valence-electron chi connectivity index (χ4n) is 3.66. The number of aryl methyl sites for hydroxylation is 1. The quantitative estimate of drug-likeness (QED) is 0.556. The number of alkyl carbamates (subject to hydrolysis) is 1. The van der Waals surface area contributed by atoms with Crippen LogP contribution >= 0.6 is 0 Å². The molecule has 9 nitrogen and oxygen atoms in total. The molecule has 0 saturated heterocycles. The van der Waals surface area contributed by atoms with E-state index >= 15 is 0 Å². The van der Waals surface area contributed by atoms with E-state index in [9.17, 15) is 19.2 Å². The first kappa shape index (κ1) is 24.9. The van der Waals surface area contributed by atoms with Crippen LogP contribution in [-0.4, -0.2) is 47.3 Å². The van der Waals surface area contributed by atoms with Crippen LogP contribution in [0.3, 0.4) is 0 Å². The first-order valence-corrected chi connectivity index (χ1v) is 11.4. The van der Waals surface area contributed by atoms with Gasteiger partial charge in [0.05, 0.1) is 0 Å². The van der Waals surface area contributed by atoms with E-state index in [0.29, 0.717) is 13.0 Å². The molecule has 2 bridgehead atoms. The maximum absolute atomic E-state index is 13.1. The molecule has 0 fully saturated rings. The zero-order valence-electron chi connectivity index (χ0n) is 19.4. The van der Waals surface area contributed by atoms with Crippen LogP contribution in [0.4, 0.5) is 4.79 Å². The average molecular weight is 467 g/mol. The lowest BCUT2D eigenvalue weighted by Crippen LogP contribution is -2.56. The highest BCUT2D eigenvalue weighted by molar-refractivity contribution is 6.38. The number of amides is 3. The van der Waals surface area contributed by atoms with Gasteiger partial charge in [-0.15, -0.1) is 0 Å². The minimum Gasteiger partial charge on any atom is -0.445 e. The first-order chi connectivity index (χ1) is 16.3. The number of fused-ring (bicyclic) bond motifs is 2. The molecule has 3 N–H and O–H groups in total. The Balaban J connectivity index is 1.69. The molecule has 0 spiro atoms. The van der Waals surface area contributed by atoms with Crippen LogP contribution < -0.4 is 16.0 Å². The molecule has 2 unspecified atom stereocenters. The molecule has 0 radical (unpaired) electrons. The summed E-state index contributed by atoms with van der Waals surface area (Å²) in [5.41, 5.74) is 2.55. The number of pyridine rings is 1. The van der Waals surface area contributed by atoms with Crippen molar-refractivity contribution in [3.63, 3.8) is 0 Å². The molecule has 34 heavy (non-hydrogen) atoms. The van der Waals surface area contributed by atoms with Crippen molar-refractivity contribution in [3.05, 3.63) is 65.5 Å². The van der Waals surface area contributed by atoms with Gasteiger partial charge in [-0.3, -0.25) is 19.4 Å². The minimum atomic E-state index is -1.09. The number of nitrogens with zero attached hydrogens (tertiary/aromatic N) is 1. The molecule has 2 heterocycles. The van der Waals surface area contributed by atoms with Crippen molar-refractivity contribution < 1.29 is 23.9 Å². The second kappa shape index (κ2) is 11.9. The van der Waals surface area contributed by atoms with Crippen LogP contribution in [0.15, 0.2) is 48.8 Å². The number of hydrogen-bond acceptors (Lipinski definition) is 6. The van der Waals surface area contributed by atoms with Gasteiger partial charge in [0.1, 0.15) is 18.7 Å². The minimum absolute atomic E-state index is 0.0593. The van der Waals surface area contributed by atoms with Gasteiger partial charge in [0.2, 0.25) is 11.7 Å². The smallest absolute Gasteiger partial charge is 0.408 e. The predicted molar refractivity (Wildman–Crippen MR) is 125 cm³/mol. The molecule has 1 aromatic heterocycles. The van der Waals surface area contributed by atoms with Crippen LogP contribution in [-0.2, 0) is 38.6 Å². The molecule has 1 aliphatic rings. The molecule has 180 valence electrons. The van der Waals surface area contributed by atoms with E-state index in [1.165, 1.54) is 0 Å². The number of carbonyl (C=O) groups excluding carboxylic acids is 4. The average Bonchev–Trinajstić information content (AvgIpc) is 2.84. The van der Waals surface area contributed by atoms with Gasteiger partial charge in [-0.25, -0.2) is 4.79 Å². The van der Waals surface area contributed by atoms with Crippen LogP contribution in [0, 0.1) is 5.92 Å². The van der Waals surface area contributed by atoms with Crippen LogP contribution in [0.2, 0.25) is 0 Å². The number of rotatable bonds is 6. The van der Waals surface area contributed by atoms with Crippen LogP contribution in [0.25, 0.3) is 0 Å². The van der Waals surface area contributed by atoms with Gasteiger partial charge in [-0.1, -0.05) is 50.2 Å². The van der Waals surface area contributed by atoms with Gasteiger partial charge in [0, 0.05) is 25.4 Å². The fourth-order valence-corrected chi connectivity index (χ4v) is 3.66. The number of ether oxygens (including phenoxy) is 1. The SMILES string of the molecule is CC(C)C(NC(=O)OCc1ccccc1)C(=O)NC1Cc2cncc(c2)CCCNC(=O)C1=O. The number of Topliss-reactive ketones (excluding diaryl/α,β-unsaturated/α-hetero) is 1. The van der Waals surface area contributed by atoms with Crippen molar-refractivity contribution in [1.29, 1.82) is 0 Å². The highest BCUT2D eigenvalue weighted by Gasteiger charge is 2.32. The van der Waals surface area contributed by atoms with Crippen LogP contribution in [0.1, 0.15) is 37.0 Å². The largest absolute Gasteiger partial charge is 0.445 e. The summed E-state index contributed by atoms with van der Waals surface area (Å²) in [4.78, 5) is 54.8. The summed E-state index contributed by atoms with van der Waals surface area (Å²) < 4.78 is 5.23. The summed E-state index contributed by atoms with van der Waals surface area (Å²) in [6, 6.07) is 9.05. The third-order valence-corrected chi connectivity index (χ3v) is 5.51. The zero-order chi connectivity index (χ0) is 24.5. The van der Waals surface area contributed by atoms with Crippen molar-refractivity contribution in [2.24, 2.45) is 5.92 Å². The summed E-state index contributed by atoms with van der Waals surface area (Å²) in [5.74, 6) is -2.35. The molecular weight excluding hydrogens is 436 g/mol. The van der Waals surface area contributed by atoms with Gasteiger partial charge in [-0.05, 0) is 35.4 Å². The van der Waals surface area contributed by atoms with E-state index in [2.05, 4.69) is 20.9 Å². The van der Waals surface area contributed by atoms with E-state index in [0.717, 1.165) is 23.1 Å². The lowest BCUT2D eigenvalue weighted by atomic mass is 9.99. The number of benzene rings is 1. The lowest BCUT2D eigenvalue weighted by molar-refractivity contribution is -0.140. The van der Waals surface area contributed by atoms with E-state index < -0.39 is 35.8 Å². The Morgan fingerprint density at radius 1 is 1.15 bits per heavy atom. The third kappa shape index (κ3) is 7.13. The topological polar surface area (TPSA) is 126 Å². The van der Waals surface area contributed by atoms with E-state index in [-0.39, 0.29) is 18.9 Å². The van der Waals surface area contributed by atoms with Gasteiger partial charge >= 0.3 is 6.09 Å². The Morgan fingerprint density at radius 2 is 1.88 bits per heavy atom. The number of aromatic nitrogens is 1. The molecular formula is C25H30N4O5. The van der Waals surface area contributed by atoms with E-state index in [1.54, 1.807) is 26.2 Å². The summed E-state index contributed by atoms with van der Waals surface area (Å²) in [6.07, 6.45) is 4.12. The first-order valence-electron chi connectivity index (χ1n) is 11.4. The van der Waals surface area contributed by atoms with E-state index in [4.69, 9.17) is 4.74 Å². The number of nitrogens with one attached hydrogen (secondary N) is 3. The Bertz CT molecular complexity index is 1020. The Labute approximate surface area is 198 Å². The molecule has 0 aliphatic carbocycles. The maximum atomic E-state index is 13.1. The fraction of sp³-hybridized carbons (Fsp3) is 0.400. The molecule has 3 amide bonds. The molecule has 0 saturated carbocycles. The van der Waals surface area contributed by atoms with Crippen molar-refractivity contribution >= 4 is 23.7 Å². The summed E-state index contributed by atoms with van der Waals surface area (Å²) >= 11 is 0. The summed E-state index contributed by atoms with van der Waals surface area (Å²) in [6.45, 7) is 3.94. The Hall–Kier alpha value is -3.75. The number of carbonyl (C=O) groups is 4. The number of ketones is 1. The highest BCUT2D eigenvalue weighted by Crippen LogP contribution is 2.11. The van der Waals surface area contributed by atoms with Crippen molar-refractivity contribution in [2.45, 2.75) is 51.8 Å². The number of hydrogen-bond donors (Lipinski definition) is 3. The van der Waals surface area contributed by atoms with Crippen LogP contribution in [0.5, 0.6) is 0 Å². The van der Waals surface area contributed by atoms with Crippen molar-refractivity contribution in [3.8, 4) is 0 Å². The highest BCUT2D eigenvalue weighted by atomic mass is 16.5. The molecule has 9 heteroatoms. The second-order valence-electron chi connectivity index (χ2n) is 8.62. The predicted octanol–water partition coefficient (Wildman–Crippen LogP) is 1.69. The van der Waals surface area contributed by atoms with E-state index in [1.807, 2.05) is 36.4 Å². The Morgan fingerprint density at radius 3 is 2.62 bits per heavy atom. The van der Waals surface area contributed by atoms with Crippen molar-refractivity contribution in [1.82, 2.24) is 20.9 Å². The standard InChI is InChI=1S/C25H30N4O5/c1-16(2)21(29-25(33)34-15-17-7-4-3-5-8-17)23(31)28-20-12-19-11-18(13-26-14-19)9-6-10-27-24(32)22(20)30/h3-5,7-8,11,13-14,16,20-21H,6,9-10,12,15H2,1-2H3,(H,27,32)(H,28,31)(H,29,33). The summed E-state index contributed by atoms with van der Waals surface area (Å²) in [7, 11) is 0. The monoisotopic (exact) mass is 466 g/mol. The lowest BCUT2D eigenvalue weighted by Gasteiger charge is -2.24. The summed E-state index contributed by atoms with van der Waals surface area (Å²) in [5, 5.41) is 7.84. The zero-order valence-corrected chi connectivity index (χ0v) is 19.4. The molecule has 1 aromatic carbocycles. The van der Waals surface area contributed by atoms with Gasteiger partial charge in [0.25, 0.3) is 5.91 Å². The Kier molecular flexibility index (Phi) is 8.73. The normalized spacial score (nSPS) is 17.2.